The highest BCUT2D eigenvalue weighted by atomic mass is 16.5. The van der Waals surface area contributed by atoms with Crippen molar-refractivity contribution < 1.29 is 4.74 Å². The zero-order chi connectivity index (χ0) is 11.7. The van der Waals surface area contributed by atoms with Crippen LogP contribution in [0.4, 0.5) is 5.82 Å². The first kappa shape index (κ1) is 10.1. The molecular formula is C11H11N5O. The van der Waals surface area contributed by atoms with Crippen molar-refractivity contribution in [3.8, 4) is 11.5 Å². The van der Waals surface area contributed by atoms with Crippen LogP contribution in [0.15, 0.2) is 18.6 Å². The van der Waals surface area contributed by atoms with Gasteiger partial charge in [-0.1, -0.05) is 0 Å². The minimum absolute atomic E-state index is 0.475. The molecule has 1 aliphatic rings. The van der Waals surface area contributed by atoms with E-state index in [4.69, 9.17) is 10.5 Å². The SMILES string of the molecule is Nc1nc(-c2ccncn2)nc2c1COCC2. The van der Waals surface area contributed by atoms with Crippen molar-refractivity contribution in [1.29, 1.82) is 0 Å². The molecule has 0 radical (unpaired) electrons. The van der Waals surface area contributed by atoms with Gasteiger partial charge in [-0.3, -0.25) is 0 Å². The fourth-order valence-electron chi connectivity index (χ4n) is 1.79. The highest BCUT2D eigenvalue weighted by Crippen LogP contribution is 2.22. The largest absolute Gasteiger partial charge is 0.383 e. The standard InChI is InChI=1S/C11H11N5O/c12-10-7-5-17-4-2-8(7)15-11(16-10)9-1-3-13-6-14-9/h1,3,6H,2,4-5H2,(H2,12,15,16). The molecule has 0 saturated carbocycles. The molecule has 3 rings (SSSR count). The number of ether oxygens (including phenoxy) is 1. The first-order chi connectivity index (χ1) is 8.34. The normalized spacial score (nSPS) is 14.4. The number of hydrogen-bond donors (Lipinski definition) is 1. The molecule has 0 aromatic carbocycles. The van der Waals surface area contributed by atoms with E-state index in [1.165, 1.54) is 6.33 Å². The minimum Gasteiger partial charge on any atom is -0.383 e. The molecule has 6 heteroatoms. The van der Waals surface area contributed by atoms with E-state index in [9.17, 15) is 0 Å². The number of rotatable bonds is 1. The summed E-state index contributed by atoms with van der Waals surface area (Å²) in [5.74, 6) is 1.02. The van der Waals surface area contributed by atoms with Crippen molar-refractivity contribution in [2.75, 3.05) is 12.3 Å². The maximum Gasteiger partial charge on any atom is 0.180 e. The van der Waals surface area contributed by atoms with Crippen LogP contribution < -0.4 is 5.73 Å². The highest BCUT2D eigenvalue weighted by Gasteiger charge is 2.17. The zero-order valence-electron chi connectivity index (χ0n) is 9.13. The van der Waals surface area contributed by atoms with Gasteiger partial charge in [-0.25, -0.2) is 19.9 Å². The van der Waals surface area contributed by atoms with Crippen molar-refractivity contribution in [2.45, 2.75) is 13.0 Å². The second-order valence-corrected chi connectivity index (χ2v) is 3.75. The molecular weight excluding hydrogens is 218 g/mol. The average Bonchev–Trinajstić information content (AvgIpc) is 2.40. The predicted octanol–water partition coefficient (Wildman–Crippen LogP) is 0.588. The second-order valence-electron chi connectivity index (χ2n) is 3.75. The van der Waals surface area contributed by atoms with Crippen LogP contribution in [-0.4, -0.2) is 26.5 Å². The lowest BCUT2D eigenvalue weighted by atomic mass is 10.1. The van der Waals surface area contributed by atoms with Gasteiger partial charge in [0.25, 0.3) is 0 Å². The lowest BCUT2D eigenvalue weighted by Crippen LogP contribution is -2.16. The summed E-state index contributed by atoms with van der Waals surface area (Å²) in [7, 11) is 0. The number of fused-ring (bicyclic) bond motifs is 1. The second kappa shape index (κ2) is 4.06. The van der Waals surface area contributed by atoms with Crippen molar-refractivity contribution in [2.24, 2.45) is 0 Å². The Morgan fingerprint density at radius 2 is 2.24 bits per heavy atom. The van der Waals surface area contributed by atoms with Gasteiger partial charge in [0, 0.05) is 18.2 Å². The monoisotopic (exact) mass is 229 g/mol. The topological polar surface area (TPSA) is 86.8 Å². The van der Waals surface area contributed by atoms with E-state index in [1.54, 1.807) is 12.3 Å². The van der Waals surface area contributed by atoms with Crippen LogP contribution in [0.25, 0.3) is 11.5 Å². The summed E-state index contributed by atoms with van der Waals surface area (Å²) in [6, 6.07) is 1.76. The number of nitrogens with zero attached hydrogens (tertiary/aromatic N) is 4. The number of nitrogen functional groups attached to an aromatic ring is 1. The molecule has 0 atom stereocenters. The summed E-state index contributed by atoms with van der Waals surface area (Å²) in [6.07, 6.45) is 3.89. The van der Waals surface area contributed by atoms with E-state index in [1.807, 2.05) is 0 Å². The molecule has 0 amide bonds. The Morgan fingerprint density at radius 1 is 1.29 bits per heavy atom. The minimum atomic E-state index is 0.475. The molecule has 0 saturated heterocycles. The van der Waals surface area contributed by atoms with Gasteiger partial charge in [0.05, 0.1) is 18.9 Å². The van der Waals surface area contributed by atoms with Crippen molar-refractivity contribution in [3.63, 3.8) is 0 Å². The van der Waals surface area contributed by atoms with Crippen molar-refractivity contribution in [3.05, 3.63) is 29.8 Å². The van der Waals surface area contributed by atoms with E-state index in [0.717, 1.165) is 17.7 Å². The Morgan fingerprint density at radius 3 is 3.06 bits per heavy atom. The molecule has 6 nitrogen and oxygen atoms in total. The van der Waals surface area contributed by atoms with Crippen LogP contribution in [0, 0.1) is 0 Å². The molecule has 2 aromatic heterocycles. The van der Waals surface area contributed by atoms with Crippen molar-refractivity contribution in [1.82, 2.24) is 19.9 Å². The maximum atomic E-state index is 5.90. The fraction of sp³-hybridized carbons (Fsp3) is 0.273. The van der Waals surface area contributed by atoms with E-state index in [0.29, 0.717) is 30.5 Å². The molecule has 0 fully saturated rings. The lowest BCUT2D eigenvalue weighted by molar-refractivity contribution is 0.109. The van der Waals surface area contributed by atoms with E-state index in [-0.39, 0.29) is 0 Å². The van der Waals surface area contributed by atoms with E-state index < -0.39 is 0 Å². The molecule has 1 aliphatic heterocycles. The average molecular weight is 229 g/mol. The fourth-order valence-corrected chi connectivity index (χ4v) is 1.79. The molecule has 17 heavy (non-hydrogen) atoms. The van der Waals surface area contributed by atoms with Gasteiger partial charge >= 0.3 is 0 Å². The number of aromatic nitrogens is 4. The molecule has 0 bridgehead atoms. The van der Waals surface area contributed by atoms with Crippen LogP contribution >= 0.6 is 0 Å². The van der Waals surface area contributed by atoms with E-state index >= 15 is 0 Å². The Kier molecular flexibility index (Phi) is 2.41. The van der Waals surface area contributed by atoms with Crippen molar-refractivity contribution >= 4 is 5.82 Å². The third-order valence-electron chi connectivity index (χ3n) is 2.67. The van der Waals surface area contributed by atoms with E-state index in [2.05, 4.69) is 19.9 Å². The molecule has 0 unspecified atom stereocenters. The first-order valence-corrected chi connectivity index (χ1v) is 5.34. The van der Waals surface area contributed by atoms with Gasteiger partial charge in [0.2, 0.25) is 0 Å². The highest BCUT2D eigenvalue weighted by molar-refractivity contribution is 5.54. The summed E-state index contributed by atoms with van der Waals surface area (Å²) >= 11 is 0. The van der Waals surface area contributed by atoms with Crippen LogP contribution in [0.1, 0.15) is 11.3 Å². The van der Waals surface area contributed by atoms with Gasteiger partial charge < -0.3 is 10.5 Å². The number of nitrogens with two attached hydrogens (primary N) is 1. The molecule has 3 heterocycles. The lowest BCUT2D eigenvalue weighted by Gasteiger charge is -2.17. The van der Waals surface area contributed by atoms with Crippen LogP contribution in [0.3, 0.4) is 0 Å². The van der Waals surface area contributed by atoms with Crippen LogP contribution in [-0.2, 0) is 17.8 Å². The quantitative estimate of drug-likeness (QED) is 0.770. The van der Waals surface area contributed by atoms with Gasteiger partial charge in [-0.2, -0.15) is 0 Å². The Hall–Kier alpha value is -2.08. The smallest absolute Gasteiger partial charge is 0.180 e. The Bertz CT molecular complexity index is 543. The van der Waals surface area contributed by atoms with Gasteiger partial charge in [0.15, 0.2) is 5.82 Å². The third kappa shape index (κ3) is 1.83. The summed E-state index contributed by atoms with van der Waals surface area (Å²) in [4.78, 5) is 16.7. The van der Waals surface area contributed by atoms with Gasteiger partial charge in [-0.05, 0) is 6.07 Å². The Balaban J connectivity index is 2.11. The summed E-state index contributed by atoms with van der Waals surface area (Å²) in [6.45, 7) is 1.16. The van der Waals surface area contributed by atoms with Crippen LogP contribution in [0.2, 0.25) is 0 Å². The first-order valence-electron chi connectivity index (χ1n) is 5.34. The molecule has 2 N–H and O–H groups in total. The van der Waals surface area contributed by atoms with Crippen LogP contribution in [0.5, 0.6) is 0 Å². The Labute approximate surface area is 97.9 Å². The predicted molar refractivity (Wildman–Crippen MR) is 60.8 cm³/mol. The summed E-state index contributed by atoms with van der Waals surface area (Å²) in [5, 5.41) is 0. The van der Waals surface area contributed by atoms with Gasteiger partial charge in [0.1, 0.15) is 17.8 Å². The maximum absolute atomic E-state index is 5.90. The summed E-state index contributed by atoms with van der Waals surface area (Å²) in [5.41, 5.74) is 8.44. The molecule has 86 valence electrons. The zero-order valence-corrected chi connectivity index (χ0v) is 9.13. The summed E-state index contributed by atoms with van der Waals surface area (Å²) < 4.78 is 5.34. The molecule has 0 spiro atoms. The number of anilines is 1. The van der Waals surface area contributed by atoms with Gasteiger partial charge in [-0.15, -0.1) is 0 Å². The molecule has 0 aliphatic carbocycles. The molecule has 2 aromatic rings. The number of hydrogen-bond acceptors (Lipinski definition) is 6. The third-order valence-corrected chi connectivity index (χ3v) is 2.67.